The van der Waals surface area contributed by atoms with Crippen molar-refractivity contribution in [3.63, 3.8) is 0 Å². The predicted octanol–water partition coefficient (Wildman–Crippen LogP) is 3.90. The second kappa shape index (κ2) is 6.55. The van der Waals surface area contributed by atoms with Crippen LogP contribution in [0.4, 0.5) is 5.69 Å². The summed E-state index contributed by atoms with van der Waals surface area (Å²) in [6.07, 6.45) is 0. The molecule has 0 aliphatic carbocycles. The molecule has 0 unspecified atom stereocenters. The SMILES string of the molecule is CCN1CCN(c2ccc3nc(-c4n[nH]c5cc(Cl)ccc45)[nH]c3c2)CC1. The van der Waals surface area contributed by atoms with E-state index in [9.17, 15) is 0 Å². The average molecular weight is 381 g/mol. The van der Waals surface area contributed by atoms with Gasteiger partial charge in [0.1, 0.15) is 5.69 Å². The number of fused-ring (bicyclic) bond motifs is 2. The Labute approximate surface area is 162 Å². The molecular weight excluding hydrogens is 360 g/mol. The van der Waals surface area contributed by atoms with E-state index in [0.717, 1.165) is 66.2 Å². The topological polar surface area (TPSA) is 63.8 Å². The first kappa shape index (κ1) is 16.6. The first-order valence-corrected chi connectivity index (χ1v) is 9.70. The molecule has 2 aromatic heterocycles. The van der Waals surface area contributed by atoms with Crippen molar-refractivity contribution in [1.29, 1.82) is 0 Å². The summed E-state index contributed by atoms with van der Waals surface area (Å²) in [7, 11) is 0. The average Bonchev–Trinajstić information content (AvgIpc) is 3.30. The fourth-order valence-electron chi connectivity index (χ4n) is 3.80. The van der Waals surface area contributed by atoms with Gasteiger partial charge in [-0.05, 0) is 42.9 Å². The summed E-state index contributed by atoms with van der Waals surface area (Å²) < 4.78 is 0. The molecule has 27 heavy (non-hydrogen) atoms. The number of imidazole rings is 1. The van der Waals surface area contributed by atoms with Gasteiger partial charge in [0.25, 0.3) is 0 Å². The number of nitrogens with one attached hydrogen (secondary N) is 2. The first-order chi connectivity index (χ1) is 13.2. The number of halogens is 1. The third kappa shape index (κ3) is 2.95. The highest BCUT2D eigenvalue weighted by molar-refractivity contribution is 6.31. The van der Waals surface area contributed by atoms with Crippen LogP contribution in [0.2, 0.25) is 5.02 Å². The van der Waals surface area contributed by atoms with Crippen LogP contribution < -0.4 is 4.90 Å². The van der Waals surface area contributed by atoms with Gasteiger partial charge < -0.3 is 14.8 Å². The number of hydrogen-bond donors (Lipinski definition) is 2. The lowest BCUT2D eigenvalue weighted by atomic mass is 10.2. The van der Waals surface area contributed by atoms with E-state index in [2.05, 4.69) is 50.1 Å². The smallest absolute Gasteiger partial charge is 0.159 e. The lowest BCUT2D eigenvalue weighted by Crippen LogP contribution is -2.46. The molecule has 138 valence electrons. The number of aromatic nitrogens is 4. The van der Waals surface area contributed by atoms with Crippen molar-refractivity contribution in [3.05, 3.63) is 41.4 Å². The van der Waals surface area contributed by atoms with Gasteiger partial charge in [-0.3, -0.25) is 5.10 Å². The Morgan fingerprint density at radius 3 is 2.70 bits per heavy atom. The van der Waals surface area contributed by atoms with Gasteiger partial charge in [-0.25, -0.2) is 4.98 Å². The van der Waals surface area contributed by atoms with Crippen LogP contribution in [0.1, 0.15) is 6.92 Å². The normalized spacial score (nSPS) is 15.9. The molecule has 0 bridgehead atoms. The van der Waals surface area contributed by atoms with E-state index in [1.54, 1.807) is 0 Å². The van der Waals surface area contributed by atoms with Crippen molar-refractivity contribution < 1.29 is 0 Å². The van der Waals surface area contributed by atoms with Crippen molar-refractivity contribution in [2.45, 2.75) is 6.92 Å². The van der Waals surface area contributed by atoms with E-state index in [1.165, 1.54) is 5.69 Å². The summed E-state index contributed by atoms with van der Waals surface area (Å²) in [5.41, 5.74) is 4.95. The van der Waals surface area contributed by atoms with Crippen LogP contribution in [-0.2, 0) is 0 Å². The van der Waals surface area contributed by atoms with Gasteiger partial charge in [-0.15, -0.1) is 0 Å². The van der Waals surface area contributed by atoms with Crippen molar-refractivity contribution in [1.82, 2.24) is 25.1 Å². The highest BCUT2D eigenvalue weighted by Gasteiger charge is 2.17. The third-order valence-electron chi connectivity index (χ3n) is 5.40. The van der Waals surface area contributed by atoms with Gasteiger partial charge in [0.15, 0.2) is 5.82 Å². The summed E-state index contributed by atoms with van der Waals surface area (Å²) in [4.78, 5) is 13.1. The molecule has 3 heterocycles. The van der Waals surface area contributed by atoms with Crippen LogP contribution >= 0.6 is 11.6 Å². The minimum absolute atomic E-state index is 0.690. The molecular formula is C20H21ClN6. The molecule has 1 aliphatic rings. The molecule has 0 radical (unpaired) electrons. The van der Waals surface area contributed by atoms with Crippen LogP contribution in [0, 0.1) is 0 Å². The largest absolute Gasteiger partial charge is 0.369 e. The molecule has 1 saturated heterocycles. The van der Waals surface area contributed by atoms with Gasteiger partial charge in [0.2, 0.25) is 0 Å². The third-order valence-corrected chi connectivity index (χ3v) is 5.63. The second-order valence-corrected chi connectivity index (χ2v) is 7.41. The predicted molar refractivity (Wildman–Crippen MR) is 111 cm³/mol. The zero-order valence-electron chi connectivity index (χ0n) is 15.2. The van der Waals surface area contributed by atoms with Crippen molar-refractivity contribution >= 4 is 39.2 Å². The van der Waals surface area contributed by atoms with Gasteiger partial charge >= 0.3 is 0 Å². The number of H-pyrrole nitrogens is 2. The fraction of sp³-hybridized carbons (Fsp3) is 0.300. The molecule has 7 heteroatoms. The Bertz CT molecular complexity index is 1110. The minimum atomic E-state index is 0.690. The molecule has 5 rings (SSSR count). The number of piperazine rings is 1. The Hall–Kier alpha value is -2.57. The number of likely N-dealkylation sites (N-methyl/N-ethyl adjacent to an activating group) is 1. The number of benzene rings is 2. The summed E-state index contributed by atoms with van der Waals surface area (Å²) in [6.45, 7) is 7.70. The molecule has 0 amide bonds. The maximum Gasteiger partial charge on any atom is 0.159 e. The summed E-state index contributed by atoms with van der Waals surface area (Å²) in [6, 6.07) is 12.2. The minimum Gasteiger partial charge on any atom is -0.369 e. The van der Waals surface area contributed by atoms with E-state index in [4.69, 9.17) is 16.6 Å². The number of aromatic amines is 2. The highest BCUT2D eigenvalue weighted by Crippen LogP contribution is 2.29. The van der Waals surface area contributed by atoms with Gasteiger partial charge in [-0.2, -0.15) is 5.10 Å². The maximum absolute atomic E-state index is 6.07. The Balaban J connectivity index is 1.48. The molecule has 1 aliphatic heterocycles. The Kier molecular flexibility index (Phi) is 4.02. The zero-order valence-corrected chi connectivity index (χ0v) is 15.9. The summed E-state index contributed by atoms with van der Waals surface area (Å²) >= 11 is 6.07. The van der Waals surface area contributed by atoms with Gasteiger partial charge in [0.05, 0.1) is 16.6 Å². The summed E-state index contributed by atoms with van der Waals surface area (Å²) in [5, 5.41) is 9.17. The number of rotatable bonds is 3. The molecule has 2 aromatic carbocycles. The highest BCUT2D eigenvalue weighted by atomic mass is 35.5. The Morgan fingerprint density at radius 1 is 1.04 bits per heavy atom. The first-order valence-electron chi connectivity index (χ1n) is 9.32. The van der Waals surface area contributed by atoms with Gasteiger partial charge in [-0.1, -0.05) is 18.5 Å². The van der Waals surface area contributed by atoms with Crippen LogP contribution in [0.3, 0.4) is 0 Å². The van der Waals surface area contributed by atoms with E-state index in [-0.39, 0.29) is 0 Å². The number of hydrogen-bond acceptors (Lipinski definition) is 4. The maximum atomic E-state index is 6.07. The second-order valence-electron chi connectivity index (χ2n) is 6.97. The lowest BCUT2D eigenvalue weighted by molar-refractivity contribution is 0.271. The zero-order chi connectivity index (χ0) is 18.4. The number of anilines is 1. The van der Waals surface area contributed by atoms with Crippen molar-refractivity contribution in [3.8, 4) is 11.5 Å². The molecule has 1 fully saturated rings. The van der Waals surface area contributed by atoms with E-state index in [0.29, 0.717) is 5.02 Å². The van der Waals surface area contributed by atoms with Crippen LogP contribution in [0.25, 0.3) is 33.5 Å². The summed E-state index contributed by atoms with van der Waals surface area (Å²) in [5.74, 6) is 0.770. The van der Waals surface area contributed by atoms with E-state index >= 15 is 0 Å². The van der Waals surface area contributed by atoms with E-state index in [1.807, 2.05) is 18.2 Å². The van der Waals surface area contributed by atoms with Gasteiger partial charge in [0, 0.05) is 42.3 Å². The molecule has 0 spiro atoms. The molecule has 0 atom stereocenters. The van der Waals surface area contributed by atoms with E-state index < -0.39 is 0 Å². The quantitative estimate of drug-likeness (QED) is 0.565. The standard InChI is InChI=1S/C20H21ClN6/c1-2-26-7-9-27(10-8-26)14-4-6-16-18(12-14)23-20(22-16)19-15-5-3-13(21)11-17(15)24-25-19/h3-6,11-12H,2,7-10H2,1H3,(H,22,23)(H,24,25). The lowest BCUT2D eigenvalue weighted by Gasteiger charge is -2.35. The molecule has 6 nitrogen and oxygen atoms in total. The molecule has 2 N–H and O–H groups in total. The van der Waals surface area contributed by atoms with Crippen molar-refractivity contribution in [2.24, 2.45) is 0 Å². The number of nitrogens with zero attached hydrogens (tertiary/aromatic N) is 4. The molecule has 0 saturated carbocycles. The fourth-order valence-corrected chi connectivity index (χ4v) is 3.97. The Morgan fingerprint density at radius 2 is 1.89 bits per heavy atom. The van der Waals surface area contributed by atoms with Crippen LogP contribution in [0.15, 0.2) is 36.4 Å². The molecule has 4 aromatic rings. The van der Waals surface area contributed by atoms with Crippen LogP contribution in [0.5, 0.6) is 0 Å². The van der Waals surface area contributed by atoms with Crippen molar-refractivity contribution in [2.75, 3.05) is 37.6 Å². The monoisotopic (exact) mass is 380 g/mol. The van der Waals surface area contributed by atoms with Crippen LogP contribution in [-0.4, -0.2) is 57.8 Å².